The van der Waals surface area contributed by atoms with Gasteiger partial charge in [-0.25, -0.2) is 13.2 Å². The highest BCUT2D eigenvalue weighted by molar-refractivity contribution is 7.59. The molecule has 3 aromatic rings. The second-order valence-corrected chi connectivity index (χ2v) is 11.4. The summed E-state index contributed by atoms with van der Waals surface area (Å²) in [5.41, 5.74) is 3.27. The Labute approximate surface area is 262 Å². The number of benzene rings is 2. The van der Waals surface area contributed by atoms with Crippen molar-refractivity contribution in [2.24, 2.45) is 0 Å². The van der Waals surface area contributed by atoms with E-state index in [4.69, 9.17) is 0 Å². The van der Waals surface area contributed by atoms with Crippen LogP contribution in [0.4, 0.5) is 13.2 Å². The number of amides is 1. The number of carboxylic acid groups (broad SMARTS) is 1. The lowest BCUT2D eigenvalue weighted by molar-refractivity contribution is -0.138. The summed E-state index contributed by atoms with van der Waals surface area (Å²) in [4.78, 5) is 40.4. The molecule has 2 N–H and O–H groups in total. The van der Waals surface area contributed by atoms with Crippen molar-refractivity contribution >= 4 is 25.4 Å². The molecule has 1 unspecified atom stereocenters. The van der Waals surface area contributed by atoms with Gasteiger partial charge in [0.15, 0.2) is 5.82 Å². The Kier molecular flexibility index (Phi) is 11.9. The van der Waals surface area contributed by atoms with Gasteiger partial charge in [0.2, 0.25) is 5.91 Å². The van der Waals surface area contributed by atoms with Crippen LogP contribution < -0.4 is 10.9 Å². The normalized spacial score (nSPS) is 14.8. The molecule has 7 nitrogen and oxygen atoms in total. The average molecular weight is 632 g/mol. The summed E-state index contributed by atoms with van der Waals surface area (Å²) in [5, 5.41) is 12.4. The lowest BCUT2D eigenvalue weighted by Crippen LogP contribution is -2.49. The van der Waals surface area contributed by atoms with Crippen molar-refractivity contribution in [1.82, 2.24) is 14.8 Å². The molecule has 1 aliphatic heterocycles. The van der Waals surface area contributed by atoms with E-state index >= 15 is 4.39 Å². The minimum absolute atomic E-state index is 0. The number of alkyl halides is 1. The molecule has 1 fully saturated rings. The lowest BCUT2D eigenvalue weighted by Gasteiger charge is -2.34. The number of aryl methyl sites for hydroxylation is 3. The zero-order valence-corrected chi connectivity index (χ0v) is 26.4. The monoisotopic (exact) mass is 631 g/mol. The molecule has 0 saturated carbocycles. The van der Waals surface area contributed by atoms with Gasteiger partial charge in [-0.15, -0.1) is 0 Å². The van der Waals surface area contributed by atoms with Crippen LogP contribution in [0.3, 0.4) is 0 Å². The maximum atomic E-state index is 15.6. The summed E-state index contributed by atoms with van der Waals surface area (Å²) >= 11 is 0. The molecule has 11 heteroatoms. The van der Waals surface area contributed by atoms with Crippen molar-refractivity contribution in [3.8, 4) is 11.1 Å². The number of nitrogens with one attached hydrogen (secondary N) is 1. The van der Waals surface area contributed by atoms with Crippen LogP contribution in [0.15, 0.2) is 47.4 Å². The first-order valence-corrected chi connectivity index (χ1v) is 14.5. The average Bonchev–Trinajstić information content (AvgIpc) is 2.92. The van der Waals surface area contributed by atoms with E-state index < -0.39 is 53.7 Å². The van der Waals surface area contributed by atoms with Crippen molar-refractivity contribution in [2.45, 2.75) is 71.6 Å². The fraction of sp³-hybridized carbons (Fsp3) is 0.424. The first kappa shape index (κ1) is 34.9. The molecule has 1 saturated heterocycles. The van der Waals surface area contributed by atoms with Gasteiger partial charge in [-0.05, 0) is 85.2 Å². The minimum Gasteiger partial charge on any atom is -0.481 e. The van der Waals surface area contributed by atoms with Gasteiger partial charge in [-0.2, -0.15) is 13.5 Å². The Hall–Kier alpha value is -3.57. The summed E-state index contributed by atoms with van der Waals surface area (Å²) < 4.78 is 44.6. The van der Waals surface area contributed by atoms with Crippen molar-refractivity contribution in [3.05, 3.63) is 92.4 Å². The van der Waals surface area contributed by atoms with Gasteiger partial charge in [0.05, 0.1) is 12.5 Å². The van der Waals surface area contributed by atoms with Crippen molar-refractivity contribution < 1.29 is 27.9 Å². The molecular formula is C33H40F3N3O4S. The Morgan fingerprint density at radius 1 is 1.07 bits per heavy atom. The molecular weight excluding hydrogens is 591 g/mol. The number of pyridine rings is 1. The van der Waals surface area contributed by atoms with Crippen LogP contribution in [0.1, 0.15) is 66.1 Å². The maximum Gasteiger partial charge on any atom is 0.305 e. The number of hydrogen-bond acceptors (Lipinski definition) is 4. The molecule has 238 valence electrons. The van der Waals surface area contributed by atoms with Gasteiger partial charge in [-0.1, -0.05) is 31.5 Å². The van der Waals surface area contributed by atoms with Crippen LogP contribution in [0.2, 0.25) is 0 Å². The van der Waals surface area contributed by atoms with Gasteiger partial charge in [-0.3, -0.25) is 19.3 Å². The van der Waals surface area contributed by atoms with Crippen LogP contribution in [0.5, 0.6) is 0 Å². The number of likely N-dealkylation sites (tertiary alicyclic amines) is 1. The number of nitrogens with zero attached hydrogens (tertiary/aromatic N) is 2. The third kappa shape index (κ3) is 7.92. The Bertz CT molecular complexity index is 1550. The topological polar surface area (TPSA) is 91.6 Å². The van der Waals surface area contributed by atoms with Gasteiger partial charge >= 0.3 is 5.97 Å². The molecule has 1 amide bonds. The smallest absolute Gasteiger partial charge is 0.305 e. The second kappa shape index (κ2) is 14.9. The zero-order chi connectivity index (χ0) is 31.4. The van der Waals surface area contributed by atoms with E-state index in [1.165, 1.54) is 6.20 Å². The summed E-state index contributed by atoms with van der Waals surface area (Å²) in [6, 6.07) is 7.73. The molecule has 1 aliphatic rings. The molecule has 44 heavy (non-hydrogen) atoms. The largest absolute Gasteiger partial charge is 0.481 e. The Morgan fingerprint density at radius 2 is 1.73 bits per heavy atom. The molecule has 2 atom stereocenters. The van der Waals surface area contributed by atoms with E-state index in [9.17, 15) is 28.3 Å². The fourth-order valence-corrected chi connectivity index (χ4v) is 5.78. The van der Waals surface area contributed by atoms with Gasteiger partial charge < -0.3 is 15.0 Å². The summed E-state index contributed by atoms with van der Waals surface area (Å²) in [6.07, 6.45) is 0.913. The lowest BCUT2D eigenvalue weighted by atomic mass is 9.90. The number of aromatic nitrogens is 1. The Morgan fingerprint density at radius 3 is 2.32 bits per heavy atom. The highest BCUT2D eigenvalue weighted by Crippen LogP contribution is 2.33. The third-order valence-corrected chi connectivity index (χ3v) is 8.01. The molecule has 1 aromatic heterocycles. The number of carbonyl (C=O) groups is 2. The minimum atomic E-state index is -1.25. The molecule has 0 aliphatic carbocycles. The van der Waals surface area contributed by atoms with Gasteiger partial charge in [0.25, 0.3) is 5.56 Å². The standard InChI is InChI=1S/C33H38F3N3O4.H2S/c1-5-7-28(39-16-22(13-26(35)33(39)43)10-11-38-17-24(34)18-38)32(42)37-27(15-29(40)41)25-14-23(12-21(4)31(25)36)30-19(2)8-6-9-20(30)3;/h6,8-9,12-14,16,24,27-28H,5,7,10-11,15,17-18H2,1-4H3,(H,37,42)(H,40,41);1H2/t27-,28?;/m0./s1. The fourth-order valence-electron chi connectivity index (χ4n) is 5.78. The number of carbonyl (C=O) groups excluding carboxylic acids is 1. The van der Waals surface area contributed by atoms with Crippen LogP contribution in [0, 0.1) is 32.4 Å². The van der Waals surface area contributed by atoms with Crippen molar-refractivity contribution in [3.63, 3.8) is 0 Å². The Balaban J connectivity index is 0.00000529. The molecule has 2 heterocycles. The summed E-state index contributed by atoms with van der Waals surface area (Å²) in [5.74, 6) is -3.63. The van der Waals surface area contributed by atoms with Gasteiger partial charge in [0, 0.05) is 31.4 Å². The number of halogens is 3. The number of carboxylic acids is 1. The van der Waals surface area contributed by atoms with Crippen LogP contribution in [0.25, 0.3) is 11.1 Å². The zero-order valence-electron chi connectivity index (χ0n) is 25.4. The van der Waals surface area contributed by atoms with Crippen molar-refractivity contribution in [1.29, 1.82) is 0 Å². The number of hydrogen-bond donors (Lipinski definition) is 2. The van der Waals surface area contributed by atoms with E-state index in [1.807, 2.05) is 36.9 Å². The summed E-state index contributed by atoms with van der Waals surface area (Å²) in [7, 11) is 0. The predicted molar refractivity (Wildman–Crippen MR) is 169 cm³/mol. The highest BCUT2D eigenvalue weighted by atomic mass is 32.1. The SMILES string of the molecule is CCCC(C(=O)N[C@@H](CC(=O)O)c1cc(-c2c(C)cccc2C)cc(C)c1F)n1cc(CCN2CC(F)C2)cc(F)c1=O.S. The van der Waals surface area contributed by atoms with E-state index in [2.05, 4.69) is 5.32 Å². The summed E-state index contributed by atoms with van der Waals surface area (Å²) in [6.45, 7) is 8.31. The maximum absolute atomic E-state index is 15.6. The van der Waals surface area contributed by atoms with Crippen LogP contribution in [-0.4, -0.2) is 52.3 Å². The first-order valence-electron chi connectivity index (χ1n) is 14.5. The second-order valence-electron chi connectivity index (χ2n) is 11.4. The van der Waals surface area contributed by atoms with E-state index in [1.54, 1.807) is 26.0 Å². The quantitative estimate of drug-likeness (QED) is 0.268. The van der Waals surface area contributed by atoms with Crippen LogP contribution >= 0.6 is 13.5 Å². The van der Waals surface area contributed by atoms with E-state index in [-0.39, 0.29) is 31.0 Å². The molecule has 2 aromatic carbocycles. The molecule has 0 spiro atoms. The molecule has 0 bridgehead atoms. The van der Waals surface area contributed by atoms with E-state index in [0.29, 0.717) is 43.6 Å². The molecule has 4 rings (SSSR count). The first-order chi connectivity index (χ1) is 20.4. The third-order valence-electron chi connectivity index (χ3n) is 8.01. The van der Waals surface area contributed by atoms with Crippen molar-refractivity contribution in [2.75, 3.05) is 19.6 Å². The predicted octanol–water partition coefficient (Wildman–Crippen LogP) is 5.70. The van der Waals surface area contributed by atoms with Crippen LogP contribution in [-0.2, 0) is 16.0 Å². The van der Waals surface area contributed by atoms with E-state index in [0.717, 1.165) is 27.3 Å². The number of aliphatic carboxylic acids is 1. The van der Waals surface area contributed by atoms with Gasteiger partial charge in [0.1, 0.15) is 18.0 Å². The molecule has 0 radical (unpaired) electrons. The highest BCUT2D eigenvalue weighted by Gasteiger charge is 2.30. The number of rotatable bonds is 12.